The largest absolute Gasteiger partial charge is 0.360 e. The summed E-state index contributed by atoms with van der Waals surface area (Å²) in [6.07, 6.45) is 3.01. The Kier molecular flexibility index (Phi) is 5.23. The Labute approximate surface area is 122 Å². The lowest BCUT2D eigenvalue weighted by Crippen LogP contribution is -2.47. The second-order valence-corrected chi connectivity index (χ2v) is 4.40. The summed E-state index contributed by atoms with van der Waals surface area (Å²) in [5.41, 5.74) is 3.46. The number of nitrogens with one attached hydrogen (secondary N) is 1. The maximum absolute atomic E-state index is 11.0. The number of anilines is 1. The van der Waals surface area contributed by atoms with Gasteiger partial charge in [-0.15, -0.1) is 0 Å². The molecule has 21 heavy (non-hydrogen) atoms. The van der Waals surface area contributed by atoms with Crippen LogP contribution in [0.5, 0.6) is 0 Å². The van der Waals surface area contributed by atoms with Gasteiger partial charge >= 0.3 is 0 Å². The molecule has 0 bridgehead atoms. The van der Waals surface area contributed by atoms with Crippen molar-refractivity contribution in [3.63, 3.8) is 0 Å². The van der Waals surface area contributed by atoms with E-state index >= 15 is 0 Å². The Morgan fingerprint density at radius 2 is 2.05 bits per heavy atom. The van der Waals surface area contributed by atoms with Crippen molar-refractivity contribution in [2.45, 2.75) is 0 Å². The first-order valence-corrected chi connectivity index (χ1v) is 6.53. The van der Waals surface area contributed by atoms with Gasteiger partial charge in [-0.25, -0.2) is 20.2 Å². The van der Waals surface area contributed by atoms with Crippen LogP contribution in [-0.2, 0) is 9.63 Å². The molecule has 8 nitrogen and oxygen atoms in total. The molecule has 0 spiro atoms. The summed E-state index contributed by atoms with van der Waals surface area (Å²) in [6, 6.07) is 1.99. The molecule has 1 aromatic heterocycles. The van der Waals surface area contributed by atoms with Crippen LogP contribution in [0.2, 0.25) is 0 Å². The van der Waals surface area contributed by atoms with Crippen LogP contribution in [0.3, 0.4) is 0 Å². The molecule has 1 fully saturated rings. The number of carbonyl (C=O) groups excluding carboxylic acids is 1. The second-order valence-electron chi connectivity index (χ2n) is 4.40. The van der Waals surface area contributed by atoms with E-state index in [1.165, 1.54) is 12.4 Å². The molecule has 1 aliphatic rings. The molecule has 0 aliphatic carbocycles. The lowest BCUT2D eigenvalue weighted by molar-refractivity contribution is 0.0621. The highest BCUT2D eigenvalue weighted by atomic mass is 16.6. The Morgan fingerprint density at radius 1 is 1.38 bits per heavy atom. The zero-order valence-corrected chi connectivity index (χ0v) is 11.7. The summed E-state index contributed by atoms with van der Waals surface area (Å²) in [4.78, 5) is 28.3. The number of hydrogen-bond donors (Lipinski definition) is 1. The molecule has 1 aromatic rings. The summed E-state index contributed by atoms with van der Waals surface area (Å²) < 4.78 is 0. The number of hydrogen-bond acceptors (Lipinski definition) is 8. The zero-order valence-electron chi connectivity index (χ0n) is 11.7. The monoisotopic (exact) mass is 288 g/mol. The Morgan fingerprint density at radius 3 is 2.57 bits per heavy atom. The summed E-state index contributed by atoms with van der Waals surface area (Å²) in [5, 5.41) is 8.73. The van der Waals surface area contributed by atoms with Crippen molar-refractivity contribution in [1.29, 1.82) is 5.26 Å². The molecule has 1 aliphatic heterocycles. The van der Waals surface area contributed by atoms with E-state index < -0.39 is 0 Å². The molecule has 1 saturated heterocycles. The van der Waals surface area contributed by atoms with Crippen LogP contribution in [0.25, 0.3) is 0 Å². The van der Waals surface area contributed by atoms with Gasteiger partial charge in [-0.2, -0.15) is 5.26 Å². The molecule has 8 heteroatoms. The number of hydroxylamine groups is 1. The van der Waals surface area contributed by atoms with Crippen molar-refractivity contribution in [3.05, 3.63) is 23.7 Å². The van der Waals surface area contributed by atoms with Gasteiger partial charge in [0.05, 0.1) is 18.0 Å². The fourth-order valence-electron chi connectivity index (χ4n) is 2.04. The van der Waals surface area contributed by atoms with Crippen molar-refractivity contribution in [1.82, 2.24) is 20.3 Å². The minimum atomic E-state index is 0.188. The van der Waals surface area contributed by atoms with Crippen molar-refractivity contribution >= 4 is 11.9 Å². The maximum Gasteiger partial charge on any atom is 0.225 e. The molecule has 0 atom stereocenters. The third-order valence-corrected chi connectivity index (χ3v) is 3.18. The van der Waals surface area contributed by atoms with Crippen molar-refractivity contribution in [2.24, 2.45) is 0 Å². The number of piperazine rings is 1. The van der Waals surface area contributed by atoms with Crippen molar-refractivity contribution in [3.8, 4) is 6.07 Å². The Hall–Kier alpha value is -2.46. The summed E-state index contributed by atoms with van der Waals surface area (Å²) in [7, 11) is 1.64. The summed E-state index contributed by atoms with van der Waals surface area (Å²) in [5.74, 6) is 2.51. The molecule has 0 saturated carbocycles. The lowest BCUT2D eigenvalue weighted by Gasteiger charge is -2.35. The molecule has 110 valence electrons. The zero-order chi connectivity index (χ0) is 15.1. The van der Waals surface area contributed by atoms with E-state index in [9.17, 15) is 4.79 Å². The normalized spacial score (nSPS) is 14.5. The molecule has 2 rings (SSSR count). The third kappa shape index (κ3) is 3.77. The van der Waals surface area contributed by atoms with Crippen LogP contribution in [0.15, 0.2) is 18.1 Å². The predicted molar refractivity (Wildman–Crippen MR) is 74.8 cm³/mol. The number of aromatic nitrogens is 2. The number of rotatable bonds is 5. The van der Waals surface area contributed by atoms with Gasteiger partial charge < -0.3 is 9.80 Å². The molecular formula is C13H16N6O2. The van der Waals surface area contributed by atoms with Gasteiger partial charge in [0.25, 0.3) is 0 Å². The highest BCUT2D eigenvalue weighted by Crippen LogP contribution is 2.13. The lowest BCUT2D eigenvalue weighted by atomic mass is 10.3. The molecule has 0 radical (unpaired) electrons. The maximum atomic E-state index is 11.0. The third-order valence-electron chi connectivity index (χ3n) is 3.18. The van der Waals surface area contributed by atoms with Crippen LogP contribution in [0.4, 0.5) is 5.95 Å². The first-order chi connectivity index (χ1) is 10.3. The standard InChI is InChI=1S/C13H16N6O2/c1-15-21-10-12(9-20)18-2-4-19(5-3-18)13-16-7-11(6-14)8-17-13/h7-8,15H,2-5,10H2,1H3. The first-order valence-electron chi connectivity index (χ1n) is 6.53. The van der Waals surface area contributed by atoms with Crippen LogP contribution >= 0.6 is 0 Å². The van der Waals surface area contributed by atoms with Gasteiger partial charge in [0, 0.05) is 33.2 Å². The number of nitrogens with zero attached hydrogens (tertiary/aromatic N) is 5. The van der Waals surface area contributed by atoms with Crippen LogP contribution in [0.1, 0.15) is 5.56 Å². The van der Waals surface area contributed by atoms with Crippen molar-refractivity contribution in [2.75, 3.05) is 44.7 Å². The van der Waals surface area contributed by atoms with Gasteiger partial charge in [0.2, 0.25) is 5.95 Å². The van der Waals surface area contributed by atoms with Gasteiger partial charge in [0.1, 0.15) is 24.3 Å². The van der Waals surface area contributed by atoms with E-state index in [2.05, 4.69) is 15.4 Å². The van der Waals surface area contributed by atoms with E-state index in [4.69, 9.17) is 10.1 Å². The highest BCUT2D eigenvalue weighted by Gasteiger charge is 2.21. The number of nitriles is 1. The van der Waals surface area contributed by atoms with Crippen LogP contribution in [0, 0.1) is 11.3 Å². The van der Waals surface area contributed by atoms with Gasteiger partial charge in [0.15, 0.2) is 0 Å². The fourth-order valence-corrected chi connectivity index (χ4v) is 2.04. The average molecular weight is 288 g/mol. The minimum Gasteiger partial charge on any atom is -0.360 e. The van der Waals surface area contributed by atoms with Crippen LogP contribution in [-0.4, -0.2) is 60.6 Å². The molecular weight excluding hydrogens is 272 g/mol. The molecule has 1 N–H and O–H groups in total. The molecule has 0 unspecified atom stereocenters. The van der Waals surface area contributed by atoms with Gasteiger partial charge in [-0.05, 0) is 0 Å². The van der Waals surface area contributed by atoms with E-state index in [0.29, 0.717) is 43.4 Å². The summed E-state index contributed by atoms with van der Waals surface area (Å²) >= 11 is 0. The van der Waals surface area contributed by atoms with E-state index in [0.717, 1.165) is 0 Å². The van der Waals surface area contributed by atoms with E-state index in [1.54, 1.807) is 7.05 Å². The van der Waals surface area contributed by atoms with Crippen LogP contribution < -0.4 is 10.4 Å². The van der Waals surface area contributed by atoms with E-state index in [1.807, 2.05) is 21.8 Å². The molecule has 0 aromatic carbocycles. The average Bonchev–Trinajstić information content (AvgIpc) is 2.56. The van der Waals surface area contributed by atoms with Gasteiger partial charge in [-0.1, -0.05) is 0 Å². The van der Waals surface area contributed by atoms with Crippen molar-refractivity contribution < 1.29 is 9.63 Å². The highest BCUT2D eigenvalue weighted by molar-refractivity contribution is 5.52. The smallest absolute Gasteiger partial charge is 0.225 e. The second kappa shape index (κ2) is 7.36. The quantitative estimate of drug-likeness (QED) is 0.563. The fraction of sp³-hybridized carbons (Fsp3) is 0.462. The summed E-state index contributed by atoms with van der Waals surface area (Å²) in [6.45, 7) is 2.91. The van der Waals surface area contributed by atoms with E-state index in [-0.39, 0.29) is 6.61 Å². The topological polar surface area (TPSA) is 94.4 Å². The Bertz CT molecular complexity index is 553. The SMILES string of the molecule is CNOCC(=C=O)N1CCN(c2ncc(C#N)cn2)CC1. The van der Waals surface area contributed by atoms with Gasteiger partial charge in [-0.3, -0.25) is 4.84 Å². The minimum absolute atomic E-state index is 0.188. The Balaban J connectivity index is 1.93. The molecule has 2 heterocycles. The first kappa shape index (κ1) is 14.9. The molecule has 0 amide bonds. The predicted octanol–water partition coefficient (Wildman–Crippen LogP) is -0.663.